The maximum Gasteiger partial charge on any atom is 0.335 e. The van der Waals surface area contributed by atoms with Crippen LogP contribution >= 0.6 is 0 Å². The molecule has 4 N–H and O–H groups in total. The van der Waals surface area contributed by atoms with Crippen LogP contribution in [-0.2, 0) is 9.59 Å². The van der Waals surface area contributed by atoms with Crippen LogP contribution in [0.4, 0.5) is 5.95 Å². The van der Waals surface area contributed by atoms with Crippen LogP contribution in [0, 0.1) is 6.92 Å². The Bertz CT molecular complexity index is 1530. The van der Waals surface area contributed by atoms with E-state index in [1.54, 1.807) is 36.4 Å². The van der Waals surface area contributed by atoms with E-state index in [-0.39, 0.29) is 28.6 Å². The summed E-state index contributed by atoms with van der Waals surface area (Å²) in [6, 6.07) is 16.0. The number of benzene rings is 3. The Labute approximate surface area is 198 Å². The summed E-state index contributed by atoms with van der Waals surface area (Å²) in [5, 5.41) is 30.2. The summed E-state index contributed by atoms with van der Waals surface area (Å²) in [5.41, 5.74) is 2.45. The maximum atomic E-state index is 13.2. The molecule has 0 bridgehead atoms. The summed E-state index contributed by atoms with van der Waals surface area (Å²) >= 11 is 0. The van der Waals surface area contributed by atoms with Gasteiger partial charge in [0, 0.05) is 5.56 Å². The molecule has 1 aliphatic rings. The van der Waals surface area contributed by atoms with E-state index in [9.17, 15) is 29.7 Å². The number of carbonyl (C=O) groups excluding carboxylic acids is 2. The fourth-order valence-electron chi connectivity index (χ4n) is 4.13. The number of phenols is 1. The third-order valence-corrected chi connectivity index (χ3v) is 5.92. The molecular formula is C26H19N3O6. The van der Waals surface area contributed by atoms with Crippen molar-refractivity contribution in [3.05, 3.63) is 94.6 Å². The lowest BCUT2D eigenvalue weighted by atomic mass is 9.95. The Morgan fingerprint density at radius 1 is 0.943 bits per heavy atom. The van der Waals surface area contributed by atoms with Gasteiger partial charge in [-0.25, -0.2) is 9.78 Å². The van der Waals surface area contributed by atoms with E-state index in [0.717, 1.165) is 10.5 Å². The number of aromatic nitrogens is 2. The van der Waals surface area contributed by atoms with Gasteiger partial charge in [0.15, 0.2) is 0 Å². The number of aliphatic hydroxyl groups excluding tert-OH is 1. The van der Waals surface area contributed by atoms with Gasteiger partial charge in [0.25, 0.3) is 5.78 Å². The minimum atomic E-state index is -1.12. The SMILES string of the molecule is Cc1ccc(/C(O)=C2\C(=O)C(=O)N(c3nc4ccc(C(=O)O)cc4[nH]3)C2c2ccc(O)cc2)cc1. The lowest BCUT2D eigenvalue weighted by Gasteiger charge is -2.23. The zero-order valence-electron chi connectivity index (χ0n) is 18.4. The first-order valence-electron chi connectivity index (χ1n) is 10.6. The van der Waals surface area contributed by atoms with E-state index in [4.69, 9.17) is 0 Å². The first-order chi connectivity index (χ1) is 16.7. The highest BCUT2D eigenvalue weighted by Gasteiger charge is 2.48. The summed E-state index contributed by atoms with van der Waals surface area (Å²) in [7, 11) is 0. The molecule has 174 valence electrons. The summed E-state index contributed by atoms with van der Waals surface area (Å²) in [5.74, 6) is -3.25. The maximum absolute atomic E-state index is 13.2. The van der Waals surface area contributed by atoms with E-state index in [0.29, 0.717) is 22.2 Å². The van der Waals surface area contributed by atoms with Crippen LogP contribution in [0.25, 0.3) is 16.8 Å². The average Bonchev–Trinajstić information content (AvgIpc) is 3.37. The Balaban J connectivity index is 1.71. The number of hydrogen-bond donors (Lipinski definition) is 4. The number of rotatable bonds is 4. The predicted octanol–water partition coefficient (Wildman–Crippen LogP) is 3.90. The number of Topliss-reactive ketones (excluding diaryl/α,β-unsaturated/α-hetero) is 1. The summed E-state index contributed by atoms with van der Waals surface area (Å²) in [6.07, 6.45) is 0. The number of H-pyrrole nitrogens is 1. The van der Waals surface area contributed by atoms with Crippen LogP contribution in [-0.4, -0.2) is 42.9 Å². The second-order valence-electron chi connectivity index (χ2n) is 8.22. The number of aliphatic hydroxyl groups is 1. The number of amides is 1. The third-order valence-electron chi connectivity index (χ3n) is 5.92. The van der Waals surface area contributed by atoms with Gasteiger partial charge >= 0.3 is 11.9 Å². The highest BCUT2D eigenvalue weighted by Crippen LogP contribution is 2.42. The van der Waals surface area contributed by atoms with E-state index in [1.165, 1.54) is 30.3 Å². The Morgan fingerprint density at radius 3 is 2.26 bits per heavy atom. The van der Waals surface area contributed by atoms with Crippen molar-refractivity contribution in [3.8, 4) is 5.75 Å². The Morgan fingerprint density at radius 2 is 1.60 bits per heavy atom. The molecule has 1 saturated heterocycles. The molecule has 3 aromatic carbocycles. The number of aryl methyl sites for hydroxylation is 1. The van der Waals surface area contributed by atoms with Crippen molar-refractivity contribution in [3.63, 3.8) is 0 Å². The minimum Gasteiger partial charge on any atom is -0.508 e. The number of carboxylic acids is 1. The topological polar surface area (TPSA) is 144 Å². The van der Waals surface area contributed by atoms with E-state index >= 15 is 0 Å². The quantitative estimate of drug-likeness (QED) is 0.202. The van der Waals surface area contributed by atoms with Gasteiger partial charge in [-0.3, -0.25) is 14.5 Å². The zero-order chi connectivity index (χ0) is 24.9. The van der Waals surface area contributed by atoms with Crippen molar-refractivity contribution in [2.75, 3.05) is 4.90 Å². The largest absolute Gasteiger partial charge is 0.508 e. The second kappa shape index (κ2) is 8.14. The normalized spacial score (nSPS) is 17.3. The molecule has 0 aliphatic carbocycles. The van der Waals surface area contributed by atoms with Crippen molar-refractivity contribution in [2.24, 2.45) is 0 Å². The van der Waals surface area contributed by atoms with E-state index in [2.05, 4.69) is 9.97 Å². The number of nitrogens with one attached hydrogen (secondary N) is 1. The van der Waals surface area contributed by atoms with E-state index < -0.39 is 23.7 Å². The van der Waals surface area contributed by atoms with Crippen LogP contribution in [0.1, 0.15) is 33.1 Å². The molecule has 2 heterocycles. The lowest BCUT2D eigenvalue weighted by Crippen LogP contribution is -2.30. The minimum absolute atomic E-state index is 0.00540. The molecule has 1 amide bonds. The number of fused-ring (bicyclic) bond motifs is 1. The summed E-state index contributed by atoms with van der Waals surface area (Å²) in [4.78, 5) is 46.2. The highest BCUT2D eigenvalue weighted by molar-refractivity contribution is 6.51. The van der Waals surface area contributed by atoms with E-state index in [1.807, 2.05) is 6.92 Å². The number of hydrogen-bond acceptors (Lipinski definition) is 6. The Kier molecular flexibility index (Phi) is 5.09. The highest BCUT2D eigenvalue weighted by atomic mass is 16.4. The molecule has 9 heteroatoms. The van der Waals surface area contributed by atoms with Crippen molar-refractivity contribution < 1.29 is 29.7 Å². The first-order valence-corrected chi connectivity index (χ1v) is 10.6. The molecule has 0 spiro atoms. The molecule has 1 aromatic heterocycles. The summed E-state index contributed by atoms with van der Waals surface area (Å²) in [6.45, 7) is 1.89. The number of phenolic OH excluding ortho intramolecular Hbond substituents is 1. The molecule has 1 fully saturated rings. The average molecular weight is 469 g/mol. The lowest BCUT2D eigenvalue weighted by molar-refractivity contribution is -0.132. The van der Waals surface area contributed by atoms with Crippen molar-refractivity contribution in [2.45, 2.75) is 13.0 Å². The van der Waals surface area contributed by atoms with Crippen LogP contribution in [0.5, 0.6) is 5.75 Å². The number of anilines is 1. The molecule has 0 radical (unpaired) electrons. The molecule has 1 aliphatic heterocycles. The number of aromatic hydroxyl groups is 1. The number of carbonyl (C=O) groups is 3. The van der Waals surface area contributed by atoms with Gasteiger partial charge in [0.1, 0.15) is 11.5 Å². The molecule has 35 heavy (non-hydrogen) atoms. The monoisotopic (exact) mass is 469 g/mol. The first kappa shape index (κ1) is 21.9. The van der Waals surface area contributed by atoms with Gasteiger partial charge in [-0.2, -0.15) is 0 Å². The van der Waals surface area contributed by atoms with Gasteiger partial charge in [-0.05, 0) is 42.8 Å². The van der Waals surface area contributed by atoms with Gasteiger partial charge in [0.05, 0.1) is 28.2 Å². The molecule has 4 aromatic rings. The van der Waals surface area contributed by atoms with Gasteiger partial charge in [0.2, 0.25) is 5.95 Å². The van der Waals surface area contributed by atoms with Crippen LogP contribution in [0.15, 0.2) is 72.3 Å². The van der Waals surface area contributed by atoms with Crippen LogP contribution in [0.3, 0.4) is 0 Å². The molecule has 1 unspecified atom stereocenters. The molecule has 9 nitrogen and oxygen atoms in total. The fourth-order valence-corrected chi connectivity index (χ4v) is 4.13. The molecule has 5 rings (SSSR count). The molecular weight excluding hydrogens is 450 g/mol. The number of aromatic amines is 1. The fraction of sp³-hybridized carbons (Fsp3) is 0.0769. The predicted molar refractivity (Wildman–Crippen MR) is 127 cm³/mol. The van der Waals surface area contributed by atoms with Crippen molar-refractivity contribution in [1.82, 2.24) is 9.97 Å². The standard InChI is InChI=1S/C26H19N3O6/c1-13-2-4-15(5-3-13)22(31)20-21(14-6-9-17(30)10-7-14)29(24(33)23(20)32)26-27-18-11-8-16(25(34)35)12-19(18)28-26/h2-12,21,30-31H,1H3,(H,27,28)(H,34,35)/b22-20+. The number of imidazole rings is 1. The molecule has 1 atom stereocenters. The smallest absolute Gasteiger partial charge is 0.335 e. The van der Waals surface area contributed by atoms with Gasteiger partial charge in [-0.1, -0.05) is 42.0 Å². The summed E-state index contributed by atoms with van der Waals surface area (Å²) < 4.78 is 0. The zero-order valence-corrected chi connectivity index (χ0v) is 18.4. The van der Waals surface area contributed by atoms with Crippen molar-refractivity contribution >= 4 is 40.4 Å². The van der Waals surface area contributed by atoms with Gasteiger partial charge < -0.3 is 20.3 Å². The van der Waals surface area contributed by atoms with Gasteiger partial charge in [-0.15, -0.1) is 0 Å². The number of nitrogens with zero attached hydrogens (tertiary/aromatic N) is 2. The second-order valence-corrected chi connectivity index (χ2v) is 8.22. The number of carboxylic acid groups (broad SMARTS) is 1. The van der Waals surface area contributed by atoms with Crippen LogP contribution in [0.2, 0.25) is 0 Å². The number of aromatic carboxylic acids is 1. The Hall–Kier alpha value is -4.92. The third kappa shape index (κ3) is 3.68. The van der Waals surface area contributed by atoms with Crippen LogP contribution < -0.4 is 4.90 Å². The number of ketones is 1. The molecule has 0 saturated carbocycles. The van der Waals surface area contributed by atoms with Crippen molar-refractivity contribution in [1.29, 1.82) is 0 Å².